The Hall–Kier alpha value is -0.840. The first-order chi connectivity index (χ1) is 9.24. The zero-order valence-electron chi connectivity index (χ0n) is 11.9. The number of carbonyl (C=O) groups excluding carboxylic acids is 1. The van der Waals surface area contributed by atoms with E-state index in [0.29, 0.717) is 23.7 Å². The van der Waals surface area contributed by atoms with Gasteiger partial charge < -0.3 is 11.1 Å². The van der Waals surface area contributed by atoms with Crippen LogP contribution in [0, 0.1) is 17.8 Å². The van der Waals surface area contributed by atoms with Gasteiger partial charge in [0.2, 0.25) is 5.91 Å². The SMILES string of the molecule is Cl.Cl.NC1C2CCCC1CC(C(=O)Nc1ccccn1)C2. The minimum Gasteiger partial charge on any atom is -0.327 e. The van der Waals surface area contributed by atoms with Crippen LogP contribution in [0.15, 0.2) is 24.4 Å². The van der Waals surface area contributed by atoms with Crippen LogP contribution in [0.3, 0.4) is 0 Å². The number of amides is 1. The summed E-state index contributed by atoms with van der Waals surface area (Å²) in [6.45, 7) is 0. The van der Waals surface area contributed by atoms with Gasteiger partial charge in [-0.2, -0.15) is 0 Å². The number of anilines is 1. The third kappa shape index (κ3) is 4.09. The number of nitrogens with zero attached hydrogens (tertiary/aromatic N) is 1. The molecule has 0 aliphatic heterocycles. The Morgan fingerprint density at radius 3 is 2.43 bits per heavy atom. The molecule has 3 rings (SSSR count). The molecule has 21 heavy (non-hydrogen) atoms. The molecule has 4 nitrogen and oxygen atoms in total. The largest absolute Gasteiger partial charge is 0.327 e. The highest BCUT2D eigenvalue weighted by molar-refractivity contribution is 5.91. The minimum atomic E-state index is 0. The number of nitrogens with two attached hydrogens (primary N) is 1. The summed E-state index contributed by atoms with van der Waals surface area (Å²) in [7, 11) is 0. The van der Waals surface area contributed by atoms with E-state index in [2.05, 4.69) is 10.3 Å². The highest BCUT2D eigenvalue weighted by atomic mass is 35.5. The molecule has 2 aliphatic rings. The first-order valence-corrected chi connectivity index (χ1v) is 7.21. The molecule has 0 saturated heterocycles. The lowest BCUT2D eigenvalue weighted by molar-refractivity contribution is -0.122. The van der Waals surface area contributed by atoms with E-state index in [1.807, 2.05) is 18.2 Å². The third-order valence-electron chi connectivity index (χ3n) is 4.70. The second-order valence-corrected chi connectivity index (χ2v) is 5.90. The molecule has 2 atom stereocenters. The summed E-state index contributed by atoms with van der Waals surface area (Å²) in [4.78, 5) is 16.5. The predicted molar refractivity (Wildman–Crippen MR) is 88.9 cm³/mol. The summed E-state index contributed by atoms with van der Waals surface area (Å²) in [5, 5.41) is 2.92. The summed E-state index contributed by atoms with van der Waals surface area (Å²) in [6.07, 6.45) is 7.22. The van der Waals surface area contributed by atoms with Gasteiger partial charge in [-0.15, -0.1) is 24.8 Å². The molecule has 2 aliphatic carbocycles. The van der Waals surface area contributed by atoms with Crippen molar-refractivity contribution < 1.29 is 4.79 Å². The van der Waals surface area contributed by atoms with E-state index < -0.39 is 0 Å². The fraction of sp³-hybridized carbons (Fsp3) is 0.600. The number of rotatable bonds is 2. The number of pyridine rings is 1. The molecule has 3 N–H and O–H groups in total. The lowest BCUT2D eigenvalue weighted by atomic mass is 9.65. The van der Waals surface area contributed by atoms with Crippen molar-refractivity contribution in [2.45, 2.75) is 38.1 Å². The topological polar surface area (TPSA) is 68.0 Å². The molecule has 1 aromatic heterocycles. The predicted octanol–water partition coefficient (Wildman–Crippen LogP) is 3.02. The van der Waals surface area contributed by atoms with Crippen molar-refractivity contribution in [1.29, 1.82) is 0 Å². The van der Waals surface area contributed by atoms with Gasteiger partial charge in [-0.3, -0.25) is 4.79 Å². The average Bonchev–Trinajstić information content (AvgIpc) is 2.39. The monoisotopic (exact) mass is 331 g/mol. The zero-order chi connectivity index (χ0) is 13.2. The van der Waals surface area contributed by atoms with Gasteiger partial charge in [-0.1, -0.05) is 12.5 Å². The molecule has 1 amide bonds. The molecule has 1 aromatic rings. The third-order valence-corrected chi connectivity index (χ3v) is 4.70. The summed E-state index contributed by atoms with van der Waals surface area (Å²) < 4.78 is 0. The molecule has 2 unspecified atom stereocenters. The fourth-order valence-corrected chi connectivity index (χ4v) is 3.67. The molecule has 2 fully saturated rings. The Morgan fingerprint density at radius 1 is 1.19 bits per heavy atom. The molecule has 0 radical (unpaired) electrons. The van der Waals surface area contributed by atoms with E-state index >= 15 is 0 Å². The van der Waals surface area contributed by atoms with Crippen LogP contribution in [0.25, 0.3) is 0 Å². The number of halogens is 2. The van der Waals surface area contributed by atoms with Gasteiger partial charge in [0.15, 0.2) is 0 Å². The van der Waals surface area contributed by atoms with E-state index in [9.17, 15) is 4.79 Å². The first kappa shape index (κ1) is 18.2. The van der Waals surface area contributed by atoms with E-state index in [1.165, 1.54) is 19.3 Å². The van der Waals surface area contributed by atoms with Crippen LogP contribution in [0.5, 0.6) is 0 Å². The van der Waals surface area contributed by atoms with Crippen LogP contribution < -0.4 is 11.1 Å². The Bertz CT molecular complexity index is 443. The van der Waals surface area contributed by atoms with Crippen molar-refractivity contribution in [1.82, 2.24) is 4.98 Å². The molecule has 0 spiro atoms. The Balaban J connectivity index is 0.00000110. The Kier molecular flexibility index (Phi) is 6.91. The number of aromatic nitrogens is 1. The van der Waals surface area contributed by atoms with Crippen LogP contribution in [-0.4, -0.2) is 16.9 Å². The van der Waals surface area contributed by atoms with Gasteiger partial charge in [0.05, 0.1) is 0 Å². The number of nitrogens with one attached hydrogen (secondary N) is 1. The zero-order valence-corrected chi connectivity index (χ0v) is 13.5. The highest BCUT2D eigenvalue weighted by Gasteiger charge is 2.40. The van der Waals surface area contributed by atoms with Crippen LogP contribution in [0.2, 0.25) is 0 Å². The highest BCUT2D eigenvalue weighted by Crippen LogP contribution is 2.42. The van der Waals surface area contributed by atoms with E-state index in [4.69, 9.17) is 5.73 Å². The number of carbonyl (C=O) groups is 1. The van der Waals surface area contributed by atoms with Gasteiger partial charge in [-0.05, 0) is 49.7 Å². The molecule has 2 bridgehead atoms. The lowest BCUT2D eigenvalue weighted by Crippen LogP contribution is -2.48. The maximum atomic E-state index is 12.3. The van der Waals surface area contributed by atoms with Gasteiger partial charge in [-0.25, -0.2) is 4.98 Å². The Morgan fingerprint density at radius 2 is 1.86 bits per heavy atom. The normalized spacial score (nSPS) is 30.5. The molecular formula is C15H23Cl2N3O. The van der Waals surface area contributed by atoms with Crippen LogP contribution in [-0.2, 0) is 4.79 Å². The standard InChI is InChI=1S/C15H21N3O.2ClH/c16-14-10-4-3-5-11(14)9-12(8-10)15(19)18-13-6-1-2-7-17-13;;/h1-2,6-7,10-12,14H,3-5,8-9,16H2,(H,17,18,19);2*1H. The van der Waals surface area contributed by atoms with Gasteiger partial charge in [0.25, 0.3) is 0 Å². The maximum absolute atomic E-state index is 12.3. The number of hydrogen-bond acceptors (Lipinski definition) is 3. The quantitative estimate of drug-likeness (QED) is 0.875. The molecule has 1 heterocycles. The molecule has 0 aromatic carbocycles. The second kappa shape index (κ2) is 7.97. The molecular weight excluding hydrogens is 309 g/mol. The molecule has 6 heteroatoms. The van der Waals surface area contributed by atoms with Gasteiger partial charge >= 0.3 is 0 Å². The Labute approximate surface area is 138 Å². The molecule has 118 valence electrons. The maximum Gasteiger partial charge on any atom is 0.228 e. The molecule has 2 saturated carbocycles. The summed E-state index contributed by atoms with van der Waals surface area (Å²) in [6, 6.07) is 5.87. The van der Waals surface area contributed by atoms with Crippen molar-refractivity contribution >= 4 is 36.5 Å². The van der Waals surface area contributed by atoms with E-state index in [-0.39, 0.29) is 36.6 Å². The fourth-order valence-electron chi connectivity index (χ4n) is 3.67. The smallest absolute Gasteiger partial charge is 0.228 e. The minimum absolute atomic E-state index is 0. The summed E-state index contributed by atoms with van der Waals surface area (Å²) in [5.74, 6) is 1.94. The average molecular weight is 332 g/mol. The van der Waals surface area contributed by atoms with Gasteiger partial charge in [0, 0.05) is 18.2 Å². The van der Waals surface area contributed by atoms with Crippen molar-refractivity contribution in [2.24, 2.45) is 23.5 Å². The summed E-state index contributed by atoms with van der Waals surface area (Å²) >= 11 is 0. The first-order valence-electron chi connectivity index (χ1n) is 7.21. The lowest BCUT2D eigenvalue weighted by Gasteiger charge is -2.43. The van der Waals surface area contributed by atoms with Gasteiger partial charge in [0.1, 0.15) is 5.82 Å². The van der Waals surface area contributed by atoms with Crippen molar-refractivity contribution in [2.75, 3.05) is 5.32 Å². The van der Waals surface area contributed by atoms with Crippen LogP contribution >= 0.6 is 24.8 Å². The number of fused-ring (bicyclic) bond motifs is 2. The van der Waals surface area contributed by atoms with Crippen LogP contribution in [0.1, 0.15) is 32.1 Å². The van der Waals surface area contributed by atoms with E-state index in [0.717, 1.165) is 12.8 Å². The second-order valence-electron chi connectivity index (χ2n) is 5.90. The van der Waals surface area contributed by atoms with Crippen molar-refractivity contribution in [3.63, 3.8) is 0 Å². The van der Waals surface area contributed by atoms with Crippen LogP contribution in [0.4, 0.5) is 5.82 Å². The van der Waals surface area contributed by atoms with E-state index in [1.54, 1.807) is 6.20 Å². The van der Waals surface area contributed by atoms with Crippen molar-refractivity contribution in [3.8, 4) is 0 Å². The summed E-state index contributed by atoms with van der Waals surface area (Å²) in [5.41, 5.74) is 6.26. The van der Waals surface area contributed by atoms with Crippen molar-refractivity contribution in [3.05, 3.63) is 24.4 Å². The number of hydrogen-bond donors (Lipinski definition) is 2.